The highest BCUT2D eigenvalue weighted by atomic mass is 19.3. The molecule has 3 N–H and O–H groups in total. The summed E-state index contributed by atoms with van der Waals surface area (Å²) in [5.74, 6) is -0.0845. The van der Waals surface area contributed by atoms with Crippen molar-refractivity contribution in [2.45, 2.75) is 0 Å². The second kappa shape index (κ2) is 8.46. The first kappa shape index (κ1) is 19.9. The number of nitrogens with one attached hydrogen (secondary N) is 1. The molecule has 0 unspecified atom stereocenters. The van der Waals surface area contributed by atoms with Crippen molar-refractivity contribution >= 4 is 22.4 Å². The predicted molar refractivity (Wildman–Crippen MR) is 103 cm³/mol. The topological polar surface area (TPSA) is 112 Å². The second-order valence-electron chi connectivity index (χ2n) is 5.80. The van der Waals surface area contributed by atoms with Gasteiger partial charge in [0.25, 0.3) is 12.0 Å². The number of fused-ring (bicyclic) bond motifs is 1. The van der Waals surface area contributed by atoms with Gasteiger partial charge < -0.3 is 20.5 Å². The quantitative estimate of drug-likeness (QED) is 0.653. The van der Waals surface area contributed by atoms with Crippen molar-refractivity contribution in [1.82, 2.24) is 20.5 Å². The van der Waals surface area contributed by atoms with Crippen LogP contribution in [-0.2, 0) is 0 Å². The van der Waals surface area contributed by atoms with E-state index in [1.54, 1.807) is 18.2 Å². The van der Waals surface area contributed by atoms with Gasteiger partial charge in [0.2, 0.25) is 11.8 Å². The van der Waals surface area contributed by atoms with Crippen LogP contribution < -0.4 is 20.5 Å². The van der Waals surface area contributed by atoms with E-state index in [0.717, 1.165) is 0 Å². The maximum absolute atomic E-state index is 12.2. The number of amides is 1. The van der Waals surface area contributed by atoms with Gasteiger partial charge in [-0.2, -0.15) is 8.78 Å². The Morgan fingerprint density at radius 1 is 1.17 bits per heavy atom. The first-order chi connectivity index (χ1) is 14.0. The summed E-state index contributed by atoms with van der Waals surface area (Å²) < 4.78 is 34.7. The molecule has 2 heterocycles. The number of aromatic nitrogens is 3. The molecule has 0 aliphatic heterocycles. The fourth-order valence-electron chi connectivity index (χ4n) is 2.79. The number of pyridine rings is 1. The van der Waals surface area contributed by atoms with Crippen LogP contribution >= 0.6 is 0 Å². The molecule has 0 radical (unpaired) electrons. The lowest BCUT2D eigenvalue weighted by Gasteiger charge is -2.13. The highest BCUT2D eigenvalue weighted by Crippen LogP contribution is 2.36. The van der Waals surface area contributed by atoms with E-state index in [1.807, 2.05) is 6.07 Å². The third kappa shape index (κ3) is 4.05. The maximum Gasteiger partial charge on any atom is 0.272 e. The van der Waals surface area contributed by atoms with Gasteiger partial charge in [-0.3, -0.25) is 4.79 Å². The Balaban J connectivity index is 2.09. The zero-order chi connectivity index (χ0) is 21.0. The summed E-state index contributed by atoms with van der Waals surface area (Å²) in [7, 11) is 2.94. The fourth-order valence-corrected chi connectivity index (χ4v) is 2.79. The van der Waals surface area contributed by atoms with Crippen LogP contribution in [-0.4, -0.2) is 41.9 Å². The third-order valence-electron chi connectivity index (χ3n) is 4.14. The first-order valence-electron chi connectivity index (χ1n) is 8.39. The molecule has 1 amide bonds. The number of carbonyl (C=O) groups excluding carboxylic acids is 1. The van der Waals surface area contributed by atoms with Gasteiger partial charge in [0.15, 0.2) is 5.69 Å². The summed E-state index contributed by atoms with van der Waals surface area (Å²) in [6.07, 6.45) is 0.182. The Morgan fingerprint density at radius 2 is 1.97 bits per heavy atom. The number of nitrogens with zero attached hydrogens (tertiary/aromatic N) is 3. The number of ether oxygens (including phenoxy) is 2. The molecule has 8 nitrogen and oxygen atoms in total. The van der Waals surface area contributed by atoms with Crippen molar-refractivity contribution in [2.75, 3.05) is 26.5 Å². The van der Waals surface area contributed by atoms with E-state index in [9.17, 15) is 13.6 Å². The number of hydrogen-bond acceptors (Lipinski definition) is 7. The largest absolute Gasteiger partial charge is 0.480 e. The van der Waals surface area contributed by atoms with E-state index >= 15 is 0 Å². The minimum atomic E-state index is -1.88. The molecule has 2 aromatic heterocycles. The molecule has 0 saturated carbocycles. The Bertz CT molecular complexity index is 1100. The van der Waals surface area contributed by atoms with Crippen molar-refractivity contribution in [2.24, 2.45) is 0 Å². The molecule has 0 saturated heterocycles. The summed E-state index contributed by atoms with van der Waals surface area (Å²) >= 11 is 0. The number of halogens is 2. The lowest BCUT2D eigenvalue weighted by atomic mass is 9.99. The molecule has 0 bridgehead atoms. The fraction of sp³-hybridized carbons (Fsp3) is 0.158. The number of nitrogen functional groups attached to an aromatic ring is 1. The maximum atomic E-state index is 12.2. The second-order valence-corrected chi connectivity index (χ2v) is 5.80. The molecule has 0 atom stereocenters. The SMILES string of the molecule is COc1cc(-c2cccc3c(N)c(C(=O)NCC=C(F)F)ncc23)c(OC)nn1. The van der Waals surface area contributed by atoms with Gasteiger partial charge in [-0.05, 0) is 5.56 Å². The van der Waals surface area contributed by atoms with Crippen LogP contribution in [0.3, 0.4) is 0 Å². The van der Waals surface area contributed by atoms with Gasteiger partial charge in [-0.1, -0.05) is 18.2 Å². The number of methoxy groups -OCH3 is 2. The summed E-state index contributed by atoms with van der Waals surface area (Å²) in [6, 6.07) is 6.96. The van der Waals surface area contributed by atoms with Gasteiger partial charge in [0, 0.05) is 35.7 Å². The van der Waals surface area contributed by atoms with E-state index in [-0.39, 0.29) is 23.8 Å². The van der Waals surface area contributed by atoms with E-state index < -0.39 is 12.0 Å². The molecule has 10 heteroatoms. The summed E-state index contributed by atoms with van der Waals surface area (Å²) in [6.45, 7) is -0.333. The van der Waals surface area contributed by atoms with Crippen LogP contribution in [0.25, 0.3) is 21.9 Å². The standard InChI is InChI=1S/C19H17F2N5O3/c1-28-15-8-12(19(29-2)26-25-15)10-4-3-5-11-13(10)9-24-17(16(11)22)18(27)23-7-6-14(20)21/h3-6,8-9H,7,22H2,1-2H3,(H,23,27). The number of benzene rings is 1. The molecule has 0 spiro atoms. The van der Waals surface area contributed by atoms with Gasteiger partial charge in [0.05, 0.1) is 25.5 Å². The van der Waals surface area contributed by atoms with Crippen molar-refractivity contribution in [3.63, 3.8) is 0 Å². The van der Waals surface area contributed by atoms with E-state index in [0.29, 0.717) is 33.9 Å². The molecule has 0 fully saturated rings. The predicted octanol–water partition coefficient (Wildman–Crippen LogP) is 2.80. The van der Waals surface area contributed by atoms with Crippen LogP contribution in [0, 0.1) is 0 Å². The summed E-state index contributed by atoms with van der Waals surface area (Å²) in [4.78, 5) is 16.4. The van der Waals surface area contributed by atoms with Crippen molar-refractivity contribution in [3.8, 4) is 22.9 Å². The Hall–Kier alpha value is -3.82. The number of anilines is 1. The number of hydrogen-bond donors (Lipinski definition) is 2. The lowest BCUT2D eigenvalue weighted by molar-refractivity contribution is 0.0954. The highest BCUT2D eigenvalue weighted by Gasteiger charge is 2.18. The molecule has 150 valence electrons. The smallest absolute Gasteiger partial charge is 0.272 e. The van der Waals surface area contributed by atoms with Gasteiger partial charge >= 0.3 is 0 Å². The van der Waals surface area contributed by atoms with Crippen LogP contribution in [0.4, 0.5) is 14.5 Å². The molecule has 0 aliphatic rings. The number of rotatable bonds is 6. The third-order valence-corrected chi connectivity index (χ3v) is 4.14. The molecule has 29 heavy (non-hydrogen) atoms. The Kier molecular flexibility index (Phi) is 5.82. The molecular weight excluding hydrogens is 384 g/mol. The number of carbonyl (C=O) groups is 1. The van der Waals surface area contributed by atoms with Crippen molar-refractivity contribution in [3.05, 3.63) is 48.3 Å². The summed E-state index contributed by atoms with van der Waals surface area (Å²) in [5.41, 5.74) is 7.52. The average molecular weight is 401 g/mol. The zero-order valence-electron chi connectivity index (χ0n) is 15.6. The van der Waals surface area contributed by atoms with E-state index in [1.165, 1.54) is 20.4 Å². The van der Waals surface area contributed by atoms with Gasteiger partial charge in [-0.15, -0.1) is 10.2 Å². The van der Waals surface area contributed by atoms with Crippen LogP contribution in [0.15, 0.2) is 42.6 Å². The monoisotopic (exact) mass is 401 g/mol. The molecule has 3 rings (SSSR count). The van der Waals surface area contributed by atoms with Crippen LogP contribution in [0.1, 0.15) is 10.5 Å². The van der Waals surface area contributed by atoms with Gasteiger partial charge in [-0.25, -0.2) is 4.98 Å². The minimum absolute atomic E-state index is 0.0558. The molecular formula is C19H17F2N5O3. The van der Waals surface area contributed by atoms with Crippen LogP contribution in [0.2, 0.25) is 0 Å². The van der Waals surface area contributed by atoms with E-state index in [2.05, 4.69) is 20.5 Å². The molecule has 3 aromatic rings. The summed E-state index contributed by atoms with van der Waals surface area (Å²) in [5, 5.41) is 11.4. The normalized spacial score (nSPS) is 10.5. The van der Waals surface area contributed by atoms with E-state index in [4.69, 9.17) is 15.2 Å². The zero-order valence-corrected chi connectivity index (χ0v) is 15.6. The van der Waals surface area contributed by atoms with Crippen molar-refractivity contribution in [1.29, 1.82) is 0 Å². The lowest BCUT2D eigenvalue weighted by Crippen LogP contribution is -2.25. The van der Waals surface area contributed by atoms with Crippen molar-refractivity contribution < 1.29 is 23.0 Å². The van der Waals surface area contributed by atoms with Gasteiger partial charge in [0.1, 0.15) is 0 Å². The Labute approximate surface area is 164 Å². The van der Waals surface area contributed by atoms with Crippen LogP contribution in [0.5, 0.6) is 11.8 Å². The highest BCUT2D eigenvalue weighted by molar-refractivity contribution is 6.09. The average Bonchev–Trinajstić information content (AvgIpc) is 2.72. The molecule has 1 aromatic carbocycles. The molecule has 0 aliphatic carbocycles. The Morgan fingerprint density at radius 3 is 2.66 bits per heavy atom. The first-order valence-corrected chi connectivity index (χ1v) is 8.39. The number of nitrogens with two attached hydrogens (primary N) is 1. The minimum Gasteiger partial charge on any atom is -0.480 e.